The van der Waals surface area contributed by atoms with Crippen molar-refractivity contribution in [1.82, 2.24) is 9.97 Å². The van der Waals surface area contributed by atoms with E-state index in [-0.39, 0.29) is 0 Å². The number of hydrogen-bond acceptors (Lipinski definition) is 5. The van der Waals surface area contributed by atoms with Gasteiger partial charge in [0.1, 0.15) is 5.82 Å². The van der Waals surface area contributed by atoms with Gasteiger partial charge >= 0.3 is 0 Å². The van der Waals surface area contributed by atoms with Crippen molar-refractivity contribution in [3.63, 3.8) is 0 Å². The molecule has 2 atom stereocenters. The van der Waals surface area contributed by atoms with E-state index >= 15 is 0 Å². The molecule has 1 aliphatic heterocycles. The fraction of sp³-hybridized carbons (Fsp3) is 0.714. The van der Waals surface area contributed by atoms with E-state index in [0.717, 1.165) is 37.9 Å². The Kier molecular flexibility index (Phi) is 3.82. The largest absolute Gasteiger partial charge is 0.374 e. The first-order valence-electron chi connectivity index (χ1n) is 7.33. The third-order valence-corrected chi connectivity index (χ3v) is 3.95. The summed E-state index contributed by atoms with van der Waals surface area (Å²) in [6, 6.07) is 2.51. The summed E-state index contributed by atoms with van der Waals surface area (Å²) >= 11 is 0. The zero-order valence-electron chi connectivity index (χ0n) is 11.5. The lowest BCUT2D eigenvalue weighted by atomic mass is 10.1. The van der Waals surface area contributed by atoms with Crippen molar-refractivity contribution in [2.75, 3.05) is 29.9 Å². The molecule has 2 aliphatic rings. The molecule has 0 aromatic carbocycles. The molecule has 2 unspecified atom stereocenters. The maximum absolute atomic E-state index is 5.85. The number of ether oxygens (including phenoxy) is 1. The summed E-state index contributed by atoms with van der Waals surface area (Å²) in [5, 5.41) is 3.25. The highest BCUT2D eigenvalue weighted by molar-refractivity contribution is 5.44. The number of fused-ring (bicyclic) bond motifs is 1. The van der Waals surface area contributed by atoms with E-state index < -0.39 is 0 Å². The Labute approximate surface area is 114 Å². The molecule has 2 heterocycles. The van der Waals surface area contributed by atoms with Crippen LogP contribution in [0.15, 0.2) is 12.3 Å². The summed E-state index contributed by atoms with van der Waals surface area (Å²) in [6.45, 7) is 4.80. The molecule has 104 valence electrons. The van der Waals surface area contributed by atoms with Gasteiger partial charge in [-0.05, 0) is 31.7 Å². The molecule has 1 N–H and O–H groups in total. The van der Waals surface area contributed by atoms with Crippen molar-refractivity contribution in [3.05, 3.63) is 12.3 Å². The zero-order chi connectivity index (χ0) is 13.1. The van der Waals surface area contributed by atoms with E-state index in [1.807, 2.05) is 12.3 Å². The Bertz CT molecular complexity index is 426. The van der Waals surface area contributed by atoms with Crippen LogP contribution in [0.2, 0.25) is 0 Å². The predicted octanol–water partition coefficient (Wildman–Crippen LogP) is 2.06. The van der Waals surface area contributed by atoms with Crippen molar-refractivity contribution in [3.8, 4) is 0 Å². The molecule has 0 radical (unpaired) electrons. The van der Waals surface area contributed by atoms with Gasteiger partial charge < -0.3 is 15.0 Å². The molecule has 5 heteroatoms. The second-order valence-electron chi connectivity index (χ2n) is 5.27. The monoisotopic (exact) mass is 262 g/mol. The van der Waals surface area contributed by atoms with E-state index in [4.69, 9.17) is 4.74 Å². The first-order valence-corrected chi connectivity index (χ1v) is 7.33. The predicted molar refractivity (Wildman–Crippen MR) is 75.5 cm³/mol. The van der Waals surface area contributed by atoms with Crippen LogP contribution in [0.5, 0.6) is 0 Å². The summed E-state index contributed by atoms with van der Waals surface area (Å²) in [7, 11) is 0. The minimum absolute atomic E-state index is 0.399. The minimum Gasteiger partial charge on any atom is -0.374 e. The number of nitrogens with zero attached hydrogens (tertiary/aromatic N) is 3. The molecule has 0 bridgehead atoms. The van der Waals surface area contributed by atoms with Crippen LogP contribution in [0, 0.1) is 0 Å². The van der Waals surface area contributed by atoms with Gasteiger partial charge in [-0.2, -0.15) is 4.98 Å². The maximum atomic E-state index is 5.85. The van der Waals surface area contributed by atoms with Crippen molar-refractivity contribution in [2.24, 2.45) is 0 Å². The maximum Gasteiger partial charge on any atom is 0.224 e. The van der Waals surface area contributed by atoms with Gasteiger partial charge in [-0.1, -0.05) is 6.92 Å². The van der Waals surface area contributed by atoms with Crippen LogP contribution in [-0.4, -0.2) is 41.8 Å². The molecule has 5 nitrogen and oxygen atoms in total. The fourth-order valence-corrected chi connectivity index (χ4v) is 3.04. The van der Waals surface area contributed by atoms with Crippen LogP contribution in [0.1, 0.15) is 32.6 Å². The second kappa shape index (κ2) is 5.74. The van der Waals surface area contributed by atoms with E-state index in [9.17, 15) is 0 Å². The molecular formula is C14H22N4O. The van der Waals surface area contributed by atoms with E-state index in [1.54, 1.807) is 0 Å². The van der Waals surface area contributed by atoms with Gasteiger partial charge in [-0.15, -0.1) is 0 Å². The molecule has 1 aromatic heterocycles. The summed E-state index contributed by atoms with van der Waals surface area (Å²) in [5.74, 6) is 1.77. The molecule has 1 aromatic rings. The van der Waals surface area contributed by atoms with Crippen molar-refractivity contribution in [1.29, 1.82) is 0 Å². The van der Waals surface area contributed by atoms with Gasteiger partial charge in [0.25, 0.3) is 0 Å². The molecule has 2 fully saturated rings. The van der Waals surface area contributed by atoms with Gasteiger partial charge in [0.05, 0.1) is 18.8 Å². The topological polar surface area (TPSA) is 50.3 Å². The third kappa shape index (κ3) is 2.66. The second-order valence-corrected chi connectivity index (χ2v) is 5.27. The Morgan fingerprint density at radius 1 is 1.47 bits per heavy atom. The Morgan fingerprint density at radius 3 is 3.32 bits per heavy atom. The average Bonchev–Trinajstić information content (AvgIpc) is 2.93. The fourth-order valence-electron chi connectivity index (χ4n) is 3.04. The summed E-state index contributed by atoms with van der Waals surface area (Å²) in [4.78, 5) is 11.3. The van der Waals surface area contributed by atoms with Gasteiger partial charge in [-0.25, -0.2) is 4.98 Å². The smallest absolute Gasteiger partial charge is 0.224 e. The lowest BCUT2D eigenvalue weighted by molar-refractivity contribution is 0.0253. The highest BCUT2D eigenvalue weighted by Crippen LogP contribution is 2.32. The molecular weight excluding hydrogens is 240 g/mol. The lowest BCUT2D eigenvalue weighted by Crippen LogP contribution is -2.49. The number of hydrogen-bond donors (Lipinski definition) is 1. The summed E-state index contributed by atoms with van der Waals surface area (Å²) < 4.78 is 5.85. The molecule has 3 rings (SSSR count). The number of aromatic nitrogens is 2. The van der Waals surface area contributed by atoms with E-state index in [2.05, 4.69) is 27.1 Å². The Balaban J connectivity index is 1.76. The van der Waals surface area contributed by atoms with Crippen molar-refractivity contribution >= 4 is 11.8 Å². The Hall–Kier alpha value is -1.36. The van der Waals surface area contributed by atoms with Gasteiger partial charge in [0, 0.05) is 19.3 Å². The number of nitrogens with one attached hydrogen (secondary N) is 1. The quantitative estimate of drug-likeness (QED) is 0.900. The van der Waals surface area contributed by atoms with Gasteiger partial charge in [0.2, 0.25) is 5.95 Å². The minimum atomic E-state index is 0.399. The standard InChI is InChI=1S/C14H22N4O/c1-2-7-15-14-16-8-6-13(17-14)18-9-10-19-12-5-3-4-11(12)18/h6,8,11-12H,2-5,7,9-10H2,1H3,(H,15,16,17). The van der Waals surface area contributed by atoms with E-state index in [1.165, 1.54) is 19.3 Å². The van der Waals surface area contributed by atoms with Crippen LogP contribution in [0.25, 0.3) is 0 Å². The molecule has 1 saturated carbocycles. The number of morpholine rings is 1. The highest BCUT2D eigenvalue weighted by Gasteiger charge is 2.36. The van der Waals surface area contributed by atoms with Crippen LogP contribution in [0.4, 0.5) is 11.8 Å². The molecule has 0 amide bonds. The molecule has 1 saturated heterocycles. The molecule has 0 spiro atoms. The number of anilines is 2. The zero-order valence-corrected chi connectivity index (χ0v) is 11.5. The summed E-state index contributed by atoms with van der Waals surface area (Å²) in [5.41, 5.74) is 0. The normalized spacial score (nSPS) is 26.3. The van der Waals surface area contributed by atoms with Crippen LogP contribution >= 0.6 is 0 Å². The first-order chi connectivity index (χ1) is 9.38. The van der Waals surface area contributed by atoms with Gasteiger partial charge in [-0.3, -0.25) is 0 Å². The Morgan fingerprint density at radius 2 is 2.42 bits per heavy atom. The molecule has 19 heavy (non-hydrogen) atoms. The van der Waals surface area contributed by atoms with Crippen molar-refractivity contribution < 1.29 is 4.74 Å². The lowest BCUT2D eigenvalue weighted by Gasteiger charge is -2.38. The van der Waals surface area contributed by atoms with Crippen LogP contribution in [0.3, 0.4) is 0 Å². The third-order valence-electron chi connectivity index (χ3n) is 3.95. The van der Waals surface area contributed by atoms with Crippen LogP contribution in [-0.2, 0) is 4.74 Å². The van der Waals surface area contributed by atoms with E-state index in [0.29, 0.717) is 12.1 Å². The van der Waals surface area contributed by atoms with Crippen molar-refractivity contribution in [2.45, 2.75) is 44.8 Å². The van der Waals surface area contributed by atoms with Gasteiger partial charge in [0.15, 0.2) is 0 Å². The van der Waals surface area contributed by atoms with Crippen LogP contribution < -0.4 is 10.2 Å². The summed E-state index contributed by atoms with van der Waals surface area (Å²) in [6.07, 6.45) is 6.99. The molecule has 1 aliphatic carbocycles. The first kappa shape index (κ1) is 12.7. The SMILES string of the molecule is CCCNc1nccc(N2CCOC3CCCC32)n1. The average molecular weight is 262 g/mol. The number of rotatable bonds is 4. The highest BCUT2D eigenvalue weighted by atomic mass is 16.5.